The van der Waals surface area contributed by atoms with Crippen molar-refractivity contribution in [3.8, 4) is 0 Å². The predicted molar refractivity (Wildman–Crippen MR) is 74.2 cm³/mol. The lowest BCUT2D eigenvalue weighted by atomic mass is 10.4. The standard InChI is InChI=1S/C9H12BrN5O2S2/c1-6-7(18-5-11-6)4-14(2)19(16,17)9-8(10)12-13-15(9)3/h5H,4H2,1-3H3. The highest BCUT2D eigenvalue weighted by Crippen LogP contribution is 2.24. The van der Waals surface area contributed by atoms with Crippen LogP contribution in [0.3, 0.4) is 0 Å². The fourth-order valence-electron chi connectivity index (χ4n) is 1.51. The van der Waals surface area contributed by atoms with E-state index in [1.54, 1.807) is 5.51 Å². The van der Waals surface area contributed by atoms with Crippen molar-refractivity contribution in [1.82, 2.24) is 24.3 Å². The molecule has 0 bridgehead atoms. The molecule has 0 spiro atoms. The molecule has 19 heavy (non-hydrogen) atoms. The van der Waals surface area contributed by atoms with Gasteiger partial charge in [-0.2, -0.15) is 4.31 Å². The second-order valence-corrected chi connectivity index (χ2v) is 7.58. The SMILES string of the molecule is Cc1ncsc1CN(C)S(=O)(=O)c1c(Br)nnn1C. The molecular weight excluding hydrogens is 354 g/mol. The van der Waals surface area contributed by atoms with E-state index in [1.807, 2.05) is 6.92 Å². The van der Waals surface area contributed by atoms with Crippen LogP contribution in [0.15, 0.2) is 15.1 Å². The van der Waals surface area contributed by atoms with E-state index >= 15 is 0 Å². The summed E-state index contributed by atoms with van der Waals surface area (Å²) in [6.07, 6.45) is 0. The maximum atomic E-state index is 12.5. The van der Waals surface area contributed by atoms with Gasteiger partial charge in [-0.05, 0) is 22.9 Å². The van der Waals surface area contributed by atoms with Gasteiger partial charge in [-0.1, -0.05) is 5.21 Å². The summed E-state index contributed by atoms with van der Waals surface area (Å²) < 4.78 is 27.6. The Morgan fingerprint density at radius 2 is 2.21 bits per heavy atom. The first-order valence-electron chi connectivity index (χ1n) is 5.24. The first-order chi connectivity index (χ1) is 8.84. The van der Waals surface area contributed by atoms with Crippen molar-refractivity contribution >= 4 is 37.3 Å². The number of halogens is 1. The average Bonchev–Trinajstić information content (AvgIpc) is 2.86. The van der Waals surface area contributed by atoms with Gasteiger partial charge < -0.3 is 0 Å². The number of thiazole rings is 1. The van der Waals surface area contributed by atoms with Crippen molar-refractivity contribution in [3.63, 3.8) is 0 Å². The van der Waals surface area contributed by atoms with Gasteiger partial charge in [-0.15, -0.1) is 16.4 Å². The third-order valence-electron chi connectivity index (χ3n) is 2.60. The van der Waals surface area contributed by atoms with Gasteiger partial charge in [0.2, 0.25) is 5.03 Å². The highest BCUT2D eigenvalue weighted by molar-refractivity contribution is 9.10. The topological polar surface area (TPSA) is 81.0 Å². The number of nitrogens with zero attached hydrogens (tertiary/aromatic N) is 5. The molecular formula is C9H12BrN5O2S2. The summed E-state index contributed by atoms with van der Waals surface area (Å²) in [4.78, 5) is 5.02. The fourth-order valence-corrected chi connectivity index (χ4v) is 4.58. The molecule has 0 saturated heterocycles. The molecule has 0 unspecified atom stereocenters. The monoisotopic (exact) mass is 365 g/mol. The Bertz CT molecular complexity index is 674. The minimum Gasteiger partial charge on any atom is -0.250 e. The summed E-state index contributed by atoms with van der Waals surface area (Å²) in [5, 5.41) is 7.42. The van der Waals surface area contributed by atoms with Crippen molar-refractivity contribution in [2.75, 3.05) is 7.05 Å². The van der Waals surface area contributed by atoms with Crippen LogP contribution in [0.25, 0.3) is 0 Å². The summed E-state index contributed by atoms with van der Waals surface area (Å²) in [5.41, 5.74) is 2.54. The fraction of sp³-hybridized carbons (Fsp3) is 0.444. The zero-order valence-corrected chi connectivity index (χ0v) is 13.8. The smallest absolute Gasteiger partial charge is 0.250 e. The van der Waals surface area contributed by atoms with E-state index in [4.69, 9.17) is 0 Å². The van der Waals surface area contributed by atoms with Crippen molar-refractivity contribution in [2.24, 2.45) is 7.05 Å². The molecule has 2 rings (SSSR count). The number of hydrogen-bond donors (Lipinski definition) is 0. The van der Waals surface area contributed by atoms with Crippen molar-refractivity contribution < 1.29 is 8.42 Å². The summed E-state index contributed by atoms with van der Waals surface area (Å²) in [5.74, 6) is 0. The molecule has 0 aliphatic heterocycles. The Morgan fingerprint density at radius 1 is 1.53 bits per heavy atom. The summed E-state index contributed by atoms with van der Waals surface area (Å²) in [7, 11) is -0.587. The summed E-state index contributed by atoms with van der Waals surface area (Å²) in [6.45, 7) is 2.13. The molecule has 2 aromatic heterocycles. The average molecular weight is 366 g/mol. The van der Waals surface area contributed by atoms with Crippen LogP contribution in [-0.4, -0.2) is 39.7 Å². The zero-order valence-electron chi connectivity index (χ0n) is 10.5. The van der Waals surface area contributed by atoms with E-state index in [-0.39, 0.29) is 16.2 Å². The first-order valence-corrected chi connectivity index (χ1v) is 8.35. The Labute approximate surface area is 123 Å². The molecule has 0 aliphatic rings. The third-order valence-corrected chi connectivity index (χ3v) is 6.22. The van der Waals surface area contributed by atoms with Gasteiger partial charge >= 0.3 is 0 Å². The first kappa shape index (κ1) is 14.6. The summed E-state index contributed by atoms with van der Waals surface area (Å²) >= 11 is 4.54. The van der Waals surface area contributed by atoms with E-state index in [9.17, 15) is 8.42 Å². The lowest BCUT2D eigenvalue weighted by molar-refractivity contribution is 0.458. The number of aryl methyl sites for hydroxylation is 2. The largest absolute Gasteiger partial charge is 0.263 e. The molecule has 0 atom stereocenters. The molecule has 0 amide bonds. The van der Waals surface area contributed by atoms with Crippen LogP contribution in [0.5, 0.6) is 0 Å². The molecule has 0 fully saturated rings. The van der Waals surface area contributed by atoms with Crippen molar-refractivity contribution in [1.29, 1.82) is 0 Å². The quantitative estimate of drug-likeness (QED) is 0.811. The highest BCUT2D eigenvalue weighted by Gasteiger charge is 2.29. The predicted octanol–water partition coefficient (Wildman–Crippen LogP) is 1.16. The molecule has 10 heteroatoms. The van der Waals surface area contributed by atoms with Crippen LogP contribution < -0.4 is 0 Å². The lowest BCUT2D eigenvalue weighted by Crippen LogP contribution is -2.28. The van der Waals surface area contributed by atoms with Gasteiger partial charge in [0, 0.05) is 25.5 Å². The minimum atomic E-state index is -3.65. The van der Waals surface area contributed by atoms with Gasteiger partial charge in [-0.25, -0.2) is 18.1 Å². The van der Waals surface area contributed by atoms with E-state index < -0.39 is 10.0 Å². The van der Waals surface area contributed by atoms with Gasteiger partial charge in [0.25, 0.3) is 10.0 Å². The van der Waals surface area contributed by atoms with E-state index in [1.165, 1.54) is 34.4 Å². The molecule has 7 nitrogen and oxygen atoms in total. The maximum absolute atomic E-state index is 12.5. The molecule has 0 aromatic carbocycles. The number of aromatic nitrogens is 4. The molecule has 0 saturated carbocycles. The molecule has 0 N–H and O–H groups in total. The molecule has 0 radical (unpaired) electrons. The van der Waals surface area contributed by atoms with Crippen molar-refractivity contribution in [2.45, 2.75) is 18.5 Å². The van der Waals surface area contributed by atoms with Gasteiger partial charge in [0.05, 0.1) is 11.2 Å². The normalized spacial score (nSPS) is 12.3. The van der Waals surface area contributed by atoms with Crippen LogP contribution in [0.1, 0.15) is 10.6 Å². The minimum absolute atomic E-state index is 0.0390. The van der Waals surface area contributed by atoms with Gasteiger partial charge in [0.15, 0.2) is 4.60 Å². The van der Waals surface area contributed by atoms with Crippen LogP contribution >= 0.6 is 27.3 Å². The maximum Gasteiger partial charge on any atom is 0.263 e. The summed E-state index contributed by atoms with van der Waals surface area (Å²) in [6, 6.07) is 0. The third kappa shape index (κ3) is 2.71. The molecule has 104 valence electrons. The Kier molecular flexibility index (Phi) is 4.04. The van der Waals surface area contributed by atoms with Crippen LogP contribution in [0, 0.1) is 6.92 Å². The molecule has 2 aromatic rings. The number of rotatable bonds is 4. The van der Waals surface area contributed by atoms with Crippen molar-refractivity contribution in [3.05, 3.63) is 20.7 Å². The number of hydrogen-bond acceptors (Lipinski definition) is 6. The van der Waals surface area contributed by atoms with Crippen LogP contribution in [0.4, 0.5) is 0 Å². The Morgan fingerprint density at radius 3 is 2.68 bits per heavy atom. The second kappa shape index (κ2) is 5.27. The molecule has 2 heterocycles. The number of sulfonamides is 1. The van der Waals surface area contributed by atoms with E-state index in [2.05, 4.69) is 31.2 Å². The second-order valence-electron chi connectivity index (χ2n) is 3.93. The van der Waals surface area contributed by atoms with Gasteiger partial charge in [-0.3, -0.25) is 0 Å². The highest BCUT2D eigenvalue weighted by atomic mass is 79.9. The molecule has 0 aliphatic carbocycles. The Balaban J connectivity index is 2.33. The van der Waals surface area contributed by atoms with Gasteiger partial charge in [0.1, 0.15) is 0 Å². The lowest BCUT2D eigenvalue weighted by Gasteiger charge is -2.16. The van der Waals surface area contributed by atoms with Crippen LogP contribution in [-0.2, 0) is 23.6 Å². The Hall–Kier alpha value is -0.840. The van der Waals surface area contributed by atoms with Crippen LogP contribution in [0.2, 0.25) is 0 Å². The zero-order chi connectivity index (χ0) is 14.2. The van der Waals surface area contributed by atoms with E-state index in [0.29, 0.717) is 0 Å². The van der Waals surface area contributed by atoms with E-state index in [0.717, 1.165) is 10.6 Å².